The topological polar surface area (TPSA) is 31.9 Å². The third kappa shape index (κ3) is 1.32. The highest BCUT2D eigenvalue weighted by Gasteiger charge is 2.21. The number of fused-ring (bicyclic) bond motifs is 1. The number of H-pyrrole nitrogens is 1. The molecular formula is C10H17N3. The van der Waals surface area contributed by atoms with Crippen molar-refractivity contribution in [3.63, 3.8) is 0 Å². The van der Waals surface area contributed by atoms with Gasteiger partial charge in [-0.2, -0.15) is 5.10 Å². The Morgan fingerprint density at radius 1 is 1.46 bits per heavy atom. The van der Waals surface area contributed by atoms with Crippen molar-refractivity contribution >= 4 is 5.82 Å². The minimum atomic E-state index is 0.558. The summed E-state index contributed by atoms with van der Waals surface area (Å²) < 4.78 is 0. The standard InChI is InChI=1S/C10H17N3/c1-7(2)9-8-5-4-6-13(3)10(8)12-11-9/h7H,4-6H2,1-3H3,(H,11,12). The molecule has 1 aromatic heterocycles. The number of hydrogen-bond acceptors (Lipinski definition) is 2. The first kappa shape index (κ1) is 8.60. The molecule has 1 aliphatic heterocycles. The van der Waals surface area contributed by atoms with Crippen LogP contribution in [0.5, 0.6) is 0 Å². The van der Waals surface area contributed by atoms with Crippen molar-refractivity contribution in [2.75, 3.05) is 18.5 Å². The van der Waals surface area contributed by atoms with Crippen LogP contribution in [0.3, 0.4) is 0 Å². The van der Waals surface area contributed by atoms with Crippen molar-refractivity contribution in [1.82, 2.24) is 10.2 Å². The molecule has 2 heterocycles. The molecule has 0 saturated carbocycles. The molecule has 0 radical (unpaired) electrons. The summed E-state index contributed by atoms with van der Waals surface area (Å²) >= 11 is 0. The summed E-state index contributed by atoms with van der Waals surface area (Å²) in [5.41, 5.74) is 2.75. The van der Waals surface area contributed by atoms with Gasteiger partial charge in [-0.1, -0.05) is 13.8 Å². The summed E-state index contributed by atoms with van der Waals surface area (Å²) in [5, 5.41) is 7.51. The molecule has 1 aromatic rings. The molecule has 72 valence electrons. The molecule has 0 atom stereocenters. The molecule has 0 unspecified atom stereocenters. The van der Waals surface area contributed by atoms with E-state index in [1.165, 1.54) is 24.1 Å². The van der Waals surface area contributed by atoms with Crippen LogP contribution in [-0.4, -0.2) is 23.8 Å². The molecule has 0 amide bonds. The van der Waals surface area contributed by atoms with Crippen molar-refractivity contribution < 1.29 is 0 Å². The maximum Gasteiger partial charge on any atom is 0.153 e. The van der Waals surface area contributed by atoms with Gasteiger partial charge < -0.3 is 4.90 Å². The van der Waals surface area contributed by atoms with Gasteiger partial charge in [0.05, 0.1) is 0 Å². The molecule has 13 heavy (non-hydrogen) atoms. The zero-order chi connectivity index (χ0) is 9.42. The van der Waals surface area contributed by atoms with Crippen LogP contribution in [0.25, 0.3) is 0 Å². The monoisotopic (exact) mass is 179 g/mol. The lowest BCUT2D eigenvalue weighted by Gasteiger charge is -2.23. The maximum absolute atomic E-state index is 4.36. The first-order chi connectivity index (χ1) is 6.20. The second-order valence-corrected chi connectivity index (χ2v) is 4.12. The molecule has 0 aliphatic carbocycles. The average molecular weight is 179 g/mol. The van der Waals surface area contributed by atoms with E-state index in [1.807, 2.05) is 0 Å². The number of aromatic amines is 1. The normalized spacial score (nSPS) is 16.5. The molecule has 2 rings (SSSR count). The first-order valence-corrected chi connectivity index (χ1v) is 4.98. The molecule has 0 aromatic carbocycles. The third-order valence-corrected chi connectivity index (χ3v) is 2.74. The summed E-state index contributed by atoms with van der Waals surface area (Å²) in [5.74, 6) is 1.72. The van der Waals surface area contributed by atoms with E-state index in [4.69, 9.17) is 0 Å². The smallest absolute Gasteiger partial charge is 0.153 e. The van der Waals surface area contributed by atoms with E-state index in [1.54, 1.807) is 0 Å². The van der Waals surface area contributed by atoms with Crippen LogP contribution < -0.4 is 4.90 Å². The Morgan fingerprint density at radius 2 is 2.23 bits per heavy atom. The van der Waals surface area contributed by atoms with Gasteiger partial charge in [0, 0.05) is 24.8 Å². The molecule has 0 fully saturated rings. The van der Waals surface area contributed by atoms with E-state index in [-0.39, 0.29) is 0 Å². The van der Waals surface area contributed by atoms with Crippen LogP contribution >= 0.6 is 0 Å². The van der Waals surface area contributed by atoms with Gasteiger partial charge in [-0.05, 0) is 18.8 Å². The van der Waals surface area contributed by atoms with Gasteiger partial charge in [0.25, 0.3) is 0 Å². The molecule has 0 spiro atoms. The number of hydrogen-bond donors (Lipinski definition) is 1. The summed E-state index contributed by atoms with van der Waals surface area (Å²) in [6.07, 6.45) is 2.44. The number of anilines is 1. The highest BCUT2D eigenvalue weighted by Crippen LogP contribution is 2.29. The van der Waals surface area contributed by atoms with Gasteiger partial charge >= 0.3 is 0 Å². The Labute approximate surface area is 79.1 Å². The van der Waals surface area contributed by atoms with Crippen LogP contribution in [0, 0.1) is 0 Å². The van der Waals surface area contributed by atoms with Crippen LogP contribution in [0.2, 0.25) is 0 Å². The van der Waals surface area contributed by atoms with E-state index in [9.17, 15) is 0 Å². The number of aromatic nitrogens is 2. The molecule has 0 bridgehead atoms. The van der Waals surface area contributed by atoms with E-state index >= 15 is 0 Å². The summed E-state index contributed by atoms with van der Waals surface area (Å²) in [6.45, 7) is 5.56. The number of nitrogens with one attached hydrogen (secondary N) is 1. The Morgan fingerprint density at radius 3 is 2.92 bits per heavy atom. The molecule has 1 aliphatic rings. The second-order valence-electron chi connectivity index (χ2n) is 4.12. The Hall–Kier alpha value is -0.990. The fraction of sp³-hybridized carbons (Fsp3) is 0.700. The number of nitrogens with zero attached hydrogens (tertiary/aromatic N) is 2. The summed E-state index contributed by atoms with van der Waals surface area (Å²) in [6, 6.07) is 0. The predicted octanol–water partition coefficient (Wildman–Crippen LogP) is 1.92. The van der Waals surface area contributed by atoms with E-state index < -0.39 is 0 Å². The van der Waals surface area contributed by atoms with Crippen LogP contribution in [-0.2, 0) is 6.42 Å². The average Bonchev–Trinajstić information content (AvgIpc) is 2.48. The minimum absolute atomic E-state index is 0.558. The highest BCUT2D eigenvalue weighted by atomic mass is 15.3. The minimum Gasteiger partial charge on any atom is -0.358 e. The van der Waals surface area contributed by atoms with Crippen molar-refractivity contribution in [2.45, 2.75) is 32.6 Å². The van der Waals surface area contributed by atoms with Crippen molar-refractivity contribution in [3.05, 3.63) is 11.3 Å². The van der Waals surface area contributed by atoms with Crippen LogP contribution in [0.4, 0.5) is 5.82 Å². The van der Waals surface area contributed by atoms with Gasteiger partial charge in [-0.25, -0.2) is 0 Å². The molecule has 3 nitrogen and oxygen atoms in total. The quantitative estimate of drug-likeness (QED) is 0.714. The Bertz CT molecular complexity index is 288. The van der Waals surface area contributed by atoms with E-state index in [2.05, 4.69) is 36.0 Å². The van der Waals surface area contributed by atoms with Gasteiger partial charge in [-0.15, -0.1) is 0 Å². The molecule has 0 saturated heterocycles. The SMILES string of the molecule is CC(C)c1[nH]nc2c1CCCN2C. The number of rotatable bonds is 1. The zero-order valence-electron chi connectivity index (χ0n) is 8.59. The van der Waals surface area contributed by atoms with Crippen molar-refractivity contribution in [1.29, 1.82) is 0 Å². The van der Waals surface area contributed by atoms with Gasteiger partial charge in [0.1, 0.15) is 0 Å². The highest BCUT2D eigenvalue weighted by molar-refractivity contribution is 5.51. The molecule has 3 heteroatoms. The Kier molecular flexibility index (Phi) is 2.02. The molecular weight excluding hydrogens is 162 g/mol. The van der Waals surface area contributed by atoms with Crippen molar-refractivity contribution in [2.24, 2.45) is 0 Å². The molecule has 1 N–H and O–H groups in total. The fourth-order valence-corrected chi connectivity index (χ4v) is 2.01. The first-order valence-electron chi connectivity index (χ1n) is 4.98. The maximum atomic E-state index is 4.36. The fourth-order valence-electron chi connectivity index (χ4n) is 2.01. The van der Waals surface area contributed by atoms with Crippen LogP contribution in [0.15, 0.2) is 0 Å². The zero-order valence-corrected chi connectivity index (χ0v) is 8.59. The second kappa shape index (κ2) is 3.05. The predicted molar refractivity (Wildman–Crippen MR) is 54.3 cm³/mol. The van der Waals surface area contributed by atoms with Gasteiger partial charge in [0.15, 0.2) is 5.82 Å². The van der Waals surface area contributed by atoms with Gasteiger partial charge in [0.2, 0.25) is 0 Å². The lowest BCUT2D eigenvalue weighted by Crippen LogP contribution is -2.24. The lowest BCUT2D eigenvalue weighted by molar-refractivity contribution is 0.725. The van der Waals surface area contributed by atoms with Gasteiger partial charge in [-0.3, -0.25) is 5.10 Å². The summed E-state index contributed by atoms with van der Waals surface area (Å²) in [7, 11) is 2.11. The van der Waals surface area contributed by atoms with E-state index in [0.29, 0.717) is 5.92 Å². The van der Waals surface area contributed by atoms with Crippen molar-refractivity contribution in [3.8, 4) is 0 Å². The summed E-state index contributed by atoms with van der Waals surface area (Å²) in [4.78, 5) is 2.24. The largest absolute Gasteiger partial charge is 0.358 e. The Balaban J connectivity index is 2.41. The lowest BCUT2D eigenvalue weighted by atomic mass is 9.99. The third-order valence-electron chi connectivity index (χ3n) is 2.74. The van der Waals surface area contributed by atoms with E-state index in [0.717, 1.165) is 12.4 Å². The van der Waals surface area contributed by atoms with Crippen LogP contribution in [0.1, 0.15) is 37.4 Å².